The molecule has 4 aromatic carbocycles. The summed E-state index contributed by atoms with van der Waals surface area (Å²) in [5.74, 6) is -2.50. The summed E-state index contributed by atoms with van der Waals surface area (Å²) in [6.45, 7) is 1.88. The molecule has 4 rings (SSSR count). The number of benzene rings is 4. The molecule has 0 aliphatic rings. The van der Waals surface area contributed by atoms with E-state index in [2.05, 4.69) is 4.74 Å². The van der Waals surface area contributed by atoms with Crippen molar-refractivity contribution in [1.29, 1.82) is 0 Å². The third-order valence-corrected chi connectivity index (χ3v) is 5.97. The number of hydrogen-bond acceptors (Lipinski definition) is 4. The molecule has 4 nitrogen and oxygen atoms in total. The molecule has 206 valence electrons. The van der Waals surface area contributed by atoms with Gasteiger partial charge in [0, 0.05) is 22.3 Å². The molecule has 0 amide bonds. The van der Waals surface area contributed by atoms with E-state index in [9.17, 15) is 35.9 Å². The van der Waals surface area contributed by atoms with Gasteiger partial charge < -0.3 is 9.47 Å². The zero-order valence-corrected chi connectivity index (χ0v) is 21.0. The lowest BCUT2D eigenvalue weighted by molar-refractivity contribution is -0.139. The monoisotopic (exact) mass is 558 g/mol. The predicted octanol–water partition coefficient (Wildman–Crippen LogP) is 8.30. The van der Waals surface area contributed by atoms with Crippen molar-refractivity contribution in [3.8, 4) is 17.2 Å². The van der Waals surface area contributed by atoms with Crippen molar-refractivity contribution in [2.24, 2.45) is 0 Å². The fourth-order valence-corrected chi connectivity index (χ4v) is 3.89. The molecule has 0 atom stereocenters. The molecule has 0 unspecified atom stereocenters. The fraction of sp³-hybridized carbons (Fsp3) is 0.133. The highest BCUT2D eigenvalue weighted by molar-refractivity contribution is 6.10. The number of ether oxygens (including phenoxy) is 2. The minimum absolute atomic E-state index is 0.00462. The van der Waals surface area contributed by atoms with Gasteiger partial charge in [-0.3, -0.25) is 9.59 Å². The second-order valence-electron chi connectivity index (χ2n) is 8.77. The Labute approximate surface area is 224 Å². The summed E-state index contributed by atoms with van der Waals surface area (Å²) in [7, 11) is 1.02. The van der Waals surface area contributed by atoms with Crippen LogP contribution in [0.2, 0.25) is 0 Å². The molecule has 0 aliphatic carbocycles. The molecule has 0 radical (unpaired) electrons. The van der Waals surface area contributed by atoms with E-state index in [4.69, 9.17) is 4.74 Å². The lowest BCUT2D eigenvalue weighted by atomic mass is 9.98. The summed E-state index contributed by atoms with van der Waals surface area (Å²) in [5.41, 5.74) is -1.78. The molecule has 10 heteroatoms. The van der Waals surface area contributed by atoms with E-state index < -0.39 is 51.9 Å². The standard InChI is InChI=1S/C30H20F6O4/c1-17-3-5-18(6-4-17)27(37)19-7-11-22(12-8-19)40-26-14-10-21(16-24(26)30(34,35)36)28(38)20-9-13-25(39-2)23(15-20)29(31,32)33/h3-16H,1-2H3. The first kappa shape index (κ1) is 28.4. The summed E-state index contributed by atoms with van der Waals surface area (Å²) < 4.78 is 91.9. The molecule has 0 spiro atoms. The van der Waals surface area contributed by atoms with Gasteiger partial charge in [-0.1, -0.05) is 29.8 Å². The molecule has 4 aromatic rings. The minimum atomic E-state index is -4.95. The molecule has 0 heterocycles. The normalized spacial score (nSPS) is 11.7. The van der Waals surface area contributed by atoms with Crippen molar-refractivity contribution in [3.05, 3.63) is 124 Å². The van der Waals surface area contributed by atoms with Gasteiger partial charge in [-0.2, -0.15) is 26.3 Å². The Morgan fingerprint density at radius 1 is 0.575 bits per heavy atom. The van der Waals surface area contributed by atoms with Gasteiger partial charge in [0.1, 0.15) is 17.2 Å². The van der Waals surface area contributed by atoms with Crippen molar-refractivity contribution in [2.45, 2.75) is 19.3 Å². The molecule has 0 N–H and O–H groups in total. The van der Waals surface area contributed by atoms with E-state index in [1.807, 2.05) is 6.92 Å². The number of methoxy groups -OCH3 is 1. The van der Waals surface area contributed by atoms with Crippen LogP contribution in [0.3, 0.4) is 0 Å². The van der Waals surface area contributed by atoms with Crippen LogP contribution in [0.5, 0.6) is 17.2 Å². The Morgan fingerprint density at radius 2 is 0.975 bits per heavy atom. The van der Waals surface area contributed by atoms with Crippen LogP contribution in [0.25, 0.3) is 0 Å². The molecule has 0 aliphatic heterocycles. The van der Waals surface area contributed by atoms with Gasteiger partial charge in [0.15, 0.2) is 11.6 Å². The van der Waals surface area contributed by atoms with Crippen molar-refractivity contribution in [2.75, 3.05) is 7.11 Å². The molecule has 0 saturated heterocycles. The van der Waals surface area contributed by atoms with Crippen LogP contribution in [0.15, 0.2) is 84.9 Å². The Hall–Kier alpha value is -4.60. The van der Waals surface area contributed by atoms with Gasteiger partial charge in [0.25, 0.3) is 0 Å². The SMILES string of the molecule is COc1ccc(C(=O)c2ccc(Oc3ccc(C(=O)c4ccc(C)cc4)cc3)c(C(F)(F)F)c2)cc1C(F)(F)F. The maximum Gasteiger partial charge on any atom is 0.420 e. The summed E-state index contributed by atoms with van der Waals surface area (Å²) in [4.78, 5) is 25.5. The number of carbonyl (C=O) groups excluding carboxylic acids is 2. The van der Waals surface area contributed by atoms with Crippen molar-refractivity contribution in [1.82, 2.24) is 0 Å². The quantitative estimate of drug-likeness (QED) is 0.169. The number of hydrogen-bond donors (Lipinski definition) is 0. The minimum Gasteiger partial charge on any atom is -0.496 e. The molecule has 40 heavy (non-hydrogen) atoms. The zero-order valence-electron chi connectivity index (χ0n) is 21.0. The number of alkyl halides is 6. The van der Waals surface area contributed by atoms with Gasteiger partial charge in [-0.15, -0.1) is 0 Å². The Bertz CT molecular complexity index is 1550. The Kier molecular flexibility index (Phi) is 7.72. The number of carbonyl (C=O) groups is 2. The molecule has 0 fully saturated rings. The van der Waals surface area contributed by atoms with E-state index in [0.29, 0.717) is 23.3 Å². The van der Waals surface area contributed by atoms with E-state index in [-0.39, 0.29) is 11.5 Å². The highest BCUT2D eigenvalue weighted by atomic mass is 19.4. The molecule has 0 saturated carbocycles. The van der Waals surface area contributed by atoms with Crippen LogP contribution >= 0.6 is 0 Å². The second kappa shape index (κ2) is 10.9. The molecular formula is C30H20F6O4. The Balaban J connectivity index is 1.61. The van der Waals surface area contributed by atoms with Crippen LogP contribution in [-0.2, 0) is 12.4 Å². The third kappa shape index (κ3) is 6.17. The van der Waals surface area contributed by atoms with Crippen LogP contribution in [0.4, 0.5) is 26.3 Å². The lowest BCUT2D eigenvalue weighted by Gasteiger charge is -2.16. The maximum atomic E-state index is 13.9. The number of halogens is 6. The van der Waals surface area contributed by atoms with Crippen molar-refractivity contribution >= 4 is 11.6 Å². The molecular weight excluding hydrogens is 538 g/mol. The first-order chi connectivity index (χ1) is 18.8. The van der Waals surface area contributed by atoms with Crippen LogP contribution in [-0.4, -0.2) is 18.7 Å². The summed E-state index contributed by atoms with van der Waals surface area (Å²) >= 11 is 0. The van der Waals surface area contributed by atoms with Crippen molar-refractivity contribution < 1.29 is 45.4 Å². The highest BCUT2D eigenvalue weighted by Crippen LogP contribution is 2.40. The summed E-state index contributed by atoms with van der Waals surface area (Å²) in [5, 5.41) is 0. The van der Waals surface area contributed by atoms with Gasteiger partial charge in [0.05, 0.1) is 18.2 Å². The second-order valence-corrected chi connectivity index (χ2v) is 8.77. The Morgan fingerprint density at radius 3 is 1.45 bits per heavy atom. The van der Waals surface area contributed by atoms with E-state index in [1.54, 1.807) is 24.3 Å². The third-order valence-electron chi connectivity index (χ3n) is 5.97. The van der Waals surface area contributed by atoms with Gasteiger partial charge in [-0.05, 0) is 67.6 Å². The predicted molar refractivity (Wildman–Crippen MR) is 134 cm³/mol. The first-order valence-corrected chi connectivity index (χ1v) is 11.7. The summed E-state index contributed by atoms with van der Waals surface area (Å²) in [6, 6.07) is 17.3. The van der Waals surface area contributed by atoms with Crippen LogP contribution in [0, 0.1) is 6.92 Å². The van der Waals surface area contributed by atoms with Crippen LogP contribution in [0.1, 0.15) is 48.5 Å². The first-order valence-electron chi connectivity index (χ1n) is 11.7. The van der Waals surface area contributed by atoms with Gasteiger partial charge in [-0.25, -0.2) is 0 Å². The van der Waals surface area contributed by atoms with Crippen molar-refractivity contribution in [3.63, 3.8) is 0 Å². The smallest absolute Gasteiger partial charge is 0.420 e. The molecule has 0 bridgehead atoms. The van der Waals surface area contributed by atoms with Crippen LogP contribution < -0.4 is 9.47 Å². The summed E-state index contributed by atoms with van der Waals surface area (Å²) in [6.07, 6.45) is -9.80. The maximum absolute atomic E-state index is 13.9. The number of rotatable bonds is 7. The van der Waals surface area contributed by atoms with Gasteiger partial charge >= 0.3 is 12.4 Å². The average Bonchev–Trinajstić information content (AvgIpc) is 2.92. The molecule has 0 aromatic heterocycles. The lowest BCUT2D eigenvalue weighted by Crippen LogP contribution is -2.12. The number of ketones is 2. The highest BCUT2D eigenvalue weighted by Gasteiger charge is 2.37. The van der Waals surface area contributed by atoms with E-state index >= 15 is 0 Å². The largest absolute Gasteiger partial charge is 0.496 e. The van der Waals surface area contributed by atoms with Gasteiger partial charge in [0.2, 0.25) is 0 Å². The van der Waals surface area contributed by atoms with E-state index in [0.717, 1.165) is 36.9 Å². The van der Waals surface area contributed by atoms with E-state index in [1.165, 1.54) is 24.3 Å². The fourth-order valence-electron chi connectivity index (χ4n) is 3.89. The number of aryl methyl sites for hydroxylation is 1. The zero-order chi connectivity index (χ0) is 29.2. The average molecular weight is 558 g/mol. The topological polar surface area (TPSA) is 52.6 Å².